The van der Waals surface area contributed by atoms with Crippen molar-refractivity contribution in [3.63, 3.8) is 0 Å². The minimum Gasteiger partial charge on any atom is -0.494 e. The second-order valence-corrected chi connectivity index (χ2v) is 4.42. The Morgan fingerprint density at radius 3 is 2.12 bits per heavy atom. The molecule has 0 amide bonds. The molecule has 0 atom stereocenters. The molecule has 0 aliphatic carbocycles. The fourth-order valence-electron chi connectivity index (χ4n) is 1.78. The fraction of sp³-hybridized carbons (Fsp3) is 0.600. The summed E-state index contributed by atoms with van der Waals surface area (Å²) in [6.07, 6.45) is 8.96. The van der Waals surface area contributed by atoms with Crippen molar-refractivity contribution in [1.29, 1.82) is 0 Å². The van der Waals surface area contributed by atoms with E-state index in [0.717, 1.165) is 18.8 Å². The number of benzene rings is 1. The minimum atomic E-state index is -0.215. The smallest absolute Gasteiger partial charge is 0.123 e. The van der Waals surface area contributed by atoms with Crippen molar-refractivity contribution < 1.29 is 9.13 Å². The molecule has 1 aromatic carbocycles. The molecule has 2 heteroatoms. The Hall–Kier alpha value is -1.05. The Kier molecular flexibility index (Phi) is 7.44. The van der Waals surface area contributed by atoms with Crippen LogP contribution in [0.4, 0.5) is 4.39 Å². The van der Waals surface area contributed by atoms with Crippen molar-refractivity contribution in [3.05, 3.63) is 30.1 Å². The van der Waals surface area contributed by atoms with E-state index in [-0.39, 0.29) is 5.82 Å². The van der Waals surface area contributed by atoms with Crippen LogP contribution in [0.25, 0.3) is 0 Å². The lowest BCUT2D eigenvalue weighted by molar-refractivity contribution is 0.304. The molecule has 0 N–H and O–H groups in total. The monoisotopic (exact) mass is 238 g/mol. The van der Waals surface area contributed by atoms with Crippen LogP contribution < -0.4 is 4.74 Å². The van der Waals surface area contributed by atoms with Gasteiger partial charge in [-0.1, -0.05) is 45.4 Å². The summed E-state index contributed by atoms with van der Waals surface area (Å²) in [6, 6.07) is 6.22. The summed E-state index contributed by atoms with van der Waals surface area (Å²) in [5.41, 5.74) is 0. The summed E-state index contributed by atoms with van der Waals surface area (Å²) in [6.45, 7) is 2.97. The zero-order valence-electron chi connectivity index (χ0n) is 10.8. The summed E-state index contributed by atoms with van der Waals surface area (Å²) in [4.78, 5) is 0. The molecule has 0 spiro atoms. The summed E-state index contributed by atoms with van der Waals surface area (Å²) in [7, 11) is 0. The molecular weight excluding hydrogens is 215 g/mol. The van der Waals surface area contributed by atoms with Crippen LogP contribution in [0.1, 0.15) is 51.9 Å². The Balaban J connectivity index is 1.95. The van der Waals surface area contributed by atoms with Gasteiger partial charge in [-0.15, -0.1) is 0 Å². The van der Waals surface area contributed by atoms with Crippen LogP contribution in [0, 0.1) is 5.82 Å². The SMILES string of the molecule is CCCCCCCCCOc1ccc(F)cc1. The molecule has 0 saturated carbocycles. The van der Waals surface area contributed by atoms with Gasteiger partial charge in [0.1, 0.15) is 11.6 Å². The summed E-state index contributed by atoms with van der Waals surface area (Å²) >= 11 is 0. The number of rotatable bonds is 9. The molecular formula is C15H23FO. The normalized spacial score (nSPS) is 10.5. The maximum Gasteiger partial charge on any atom is 0.123 e. The molecule has 0 bridgehead atoms. The van der Waals surface area contributed by atoms with Gasteiger partial charge < -0.3 is 4.74 Å². The van der Waals surface area contributed by atoms with E-state index in [9.17, 15) is 4.39 Å². The highest BCUT2D eigenvalue weighted by atomic mass is 19.1. The number of hydrogen-bond donors (Lipinski definition) is 0. The third-order valence-electron chi connectivity index (χ3n) is 2.83. The van der Waals surface area contributed by atoms with Gasteiger partial charge >= 0.3 is 0 Å². The van der Waals surface area contributed by atoms with Gasteiger partial charge in [0.25, 0.3) is 0 Å². The first-order valence-electron chi connectivity index (χ1n) is 6.71. The van der Waals surface area contributed by atoms with Crippen LogP contribution >= 0.6 is 0 Å². The quantitative estimate of drug-likeness (QED) is 0.553. The molecule has 0 fully saturated rings. The summed E-state index contributed by atoms with van der Waals surface area (Å²) in [5, 5.41) is 0. The highest BCUT2D eigenvalue weighted by molar-refractivity contribution is 5.21. The van der Waals surface area contributed by atoms with Crippen molar-refractivity contribution >= 4 is 0 Å². The number of unbranched alkanes of at least 4 members (excludes halogenated alkanes) is 6. The molecule has 0 heterocycles. The van der Waals surface area contributed by atoms with E-state index < -0.39 is 0 Å². The predicted molar refractivity (Wildman–Crippen MR) is 69.9 cm³/mol. The lowest BCUT2D eigenvalue weighted by atomic mass is 10.1. The van der Waals surface area contributed by atoms with Crippen LogP contribution in [0.2, 0.25) is 0 Å². The lowest BCUT2D eigenvalue weighted by Gasteiger charge is -2.05. The third kappa shape index (κ3) is 6.98. The predicted octanol–water partition coefficient (Wildman–Crippen LogP) is 4.96. The maximum absolute atomic E-state index is 12.6. The Bertz CT molecular complexity index is 281. The number of halogens is 1. The lowest BCUT2D eigenvalue weighted by Crippen LogP contribution is -1.97. The van der Waals surface area contributed by atoms with Gasteiger partial charge in [0, 0.05) is 0 Å². The highest BCUT2D eigenvalue weighted by Crippen LogP contribution is 2.12. The van der Waals surface area contributed by atoms with Crippen molar-refractivity contribution in [2.75, 3.05) is 6.61 Å². The molecule has 1 rings (SSSR count). The van der Waals surface area contributed by atoms with Gasteiger partial charge in [-0.2, -0.15) is 0 Å². The molecule has 1 nitrogen and oxygen atoms in total. The van der Waals surface area contributed by atoms with Crippen molar-refractivity contribution in [3.8, 4) is 5.75 Å². The average molecular weight is 238 g/mol. The molecule has 0 saturated heterocycles. The third-order valence-corrected chi connectivity index (χ3v) is 2.83. The standard InChI is InChI=1S/C15H23FO/c1-2-3-4-5-6-7-8-13-17-15-11-9-14(16)10-12-15/h9-12H,2-8,13H2,1H3. The Morgan fingerprint density at radius 2 is 1.47 bits per heavy atom. The molecule has 0 radical (unpaired) electrons. The zero-order valence-corrected chi connectivity index (χ0v) is 10.8. The van der Waals surface area contributed by atoms with Gasteiger partial charge in [-0.05, 0) is 30.7 Å². The van der Waals surface area contributed by atoms with Gasteiger partial charge in [0.2, 0.25) is 0 Å². The van der Waals surface area contributed by atoms with E-state index in [4.69, 9.17) is 4.74 Å². The van der Waals surface area contributed by atoms with Gasteiger partial charge in [-0.3, -0.25) is 0 Å². The second kappa shape index (κ2) is 9.03. The number of hydrogen-bond acceptors (Lipinski definition) is 1. The highest BCUT2D eigenvalue weighted by Gasteiger charge is 1.95. The summed E-state index contributed by atoms with van der Waals surface area (Å²) < 4.78 is 18.1. The van der Waals surface area contributed by atoms with E-state index in [1.807, 2.05) is 0 Å². The molecule has 0 aromatic heterocycles. The molecule has 96 valence electrons. The van der Waals surface area contributed by atoms with E-state index >= 15 is 0 Å². The van der Waals surface area contributed by atoms with Crippen molar-refractivity contribution in [2.24, 2.45) is 0 Å². The second-order valence-electron chi connectivity index (χ2n) is 4.42. The van der Waals surface area contributed by atoms with E-state index in [1.165, 1.54) is 50.7 Å². The van der Waals surface area contributed by atoms with Gasteiger partial charge in [0.05, 0.1) is 6.61 Å². The van der Waals surface area contributed by atoms with Crippen LogP contribution in [-0.2, 0) is 0 Å². The zero-order chi connectivity index (χ0) is 12.3. The fourth-order valence-corrected chi connectivity index (χ4v) is 1.78. The van der Waals surface area contributed by atoms with Crippen molar-refractivity contribution in [2.45, 2.75) is 51.9 Å². The molecule has 0 unspecified atom stereocenters. The van der Waals surface area contributed by atoms with Crippen LogP contribution in [0.5, 0.6) is 5.75 Å². The van der Waals surface area contributed by atoms with Gasteiger partial charge in [0.15, 0.2) is 0 Å². The van der Waals surface area contributed by atoms with Crippen LogP contribution in [0.3, 0.4) is 0 Å². The Morgan fingerprint density at radius 1 is 0.882 bits per heavy atom. The molecule has 17 heavy (non-hydrogen) atoms. The summed E-state index contributed by atoms with van der Waals surface area (Å²) in [5.74, 6) is 0.547. The van der Waals surface area contributed by atoms with E-state index in [2.05, 4.69) is 6.92 Å². The van der Waals surface area contributed by atoms with E-state index in [1.54, 1.807) is 12.1 Å². The first kappa shape index (κ1) is 14.0. The first-order valence-corrected chi connectivity index (χ1v) is 6.71. The van der Waals surface area contributed by atoms with E-state index in [0.29, 0.717) is 0 Å². The number of ether oxygens (including phenoxy) is 1. The first-order chi connectivity index (χ1) is 8.33. The molecule has 1 aromatic rings. The van der Waals surface area contributed by atoms with Crippen molar-refractivity contribution in [1.82, 2.24) is 0 Å². The molecule has 0 aliphatic heterocycles. The van der Waals surface area contributed by atoms with Crippen LogP contribution in [-0.4, -0.2) is 6.61 Å². The Labute approximate surface area is 104 Å². The maximum atomic E-state index is 12.6. The largest absolute Gasteiger partial charge is 0.494 e. The average Bonchev–Trinajstić information content (AvgIpc) is 2.35. The minimum absolute atomic E-state index is 0.215. The molecule has 0 aliphatic rings. The van der Waals surface area contributed by atoms with Gasteiger partial charge in [-0.25, -0.2) is 4.39 Å². The topological polar surface area (TPSA) is 9.23 Å². The van der Waals surface area contributed by atoms with Crippen LogP contribution in [0.15, 0.2) is 24.3 Å².